The van der Waals surface area contributed by atoms with E-state index in [1.54, 1.807) is 4.90 Å². The maximum Gasteiger partial charge on any atom is 0.302 e. The monoisotopic (exact) mass is 526 g/mol. The number of hydrogen-bond donors (Lipinski definition) is 2. The van der Waals surface area contributed by atoms with Crippen LogP contribution >= 0.6 is 0 Å². The summed E-state index contributed by atoms with van der Waals surface area (Å²) in [6.45, 7) is 11.7. The number of carbonyl (C=O) groups is 3. The second-order valence-electron chi connectivity index (χ2n) is 11.0. The lowest BCUT2D eigenvalue weighted by Crippen LogP contribution is -2.47. The molecule has 2 rings (SSSR count). The van der Waals surface area contributed by atoms with E-state index >= 15 is 0 Å². The van der Waals surface area contributed by atoms with Crippen LogP contribution in [0.4, 0.5) is 0 Å². The third-order valence-corrected chi connectivity index (χ3v) is 8.03. The molecule has 2 fully saturated rings. The lowest BCUT2D eigenvalue weighted by molar-refractivity contribution is -0.255. The van der Waals surface area contributed by atoms with Crippen LogP contribution < -0.4 is 5.32 Å². The van der Waals surface area contributed by atoms with E-state index in [9.17, 15) is 19.5 Å². The Labute approximate surface area is 223 Å². The minimum atomic E-state index is -0.392. The van der Waals surface area contributed by atoms with E-state index in [1.165, 1.54) is 6.92 Å². The lowest BCUT2D eigenvalue weighted by Gasteiger charge is -2.43. The maximum absolute atomic E-state index is 12.2. The lowest BCUT2D eigenvalue weighted by atomic mass is 9.79. The Morgan fingerprint density at radius 3 is 2.32 bits per heavy atom. The molecule has 9 heteroatoms. The van der Waals surface area contributed by atoms with Crippen molar-refractivity contribution in [1.82, 2.24) is 10.2 Å². The second kappa shape index (κ2) is 16.3. The van der Waals surface area contributed by atoms with Gasteiger partial charge in [0.05, 0.1) is 12.2 Å². The SMILES string of the molecule is CC(=O)OCC1O[C@@H](OCCCCCC(=O)NCCCCCC(=O)N2C[C@H](O)C[C@H]2C)C(C)[C@@H](C)[C@H]1C. The summed E-state index contributed by atoms with van der Waals surface area (Å²) in [5.41, 5.74) is 0. The Morgan fingerprint density at radius 1 is 0.946 bits per heavy atom. The van der Waals surface area contributed by atoms with Crippen LogP contribution in [0, 0.1) is 17.8 Å². The molecule has 37 heavy (non-hydrogen) atoms. The van der Waals surface area contributed by atoms with Crippen molar-refractivity contribution in [1.29, 1.82) is 0 Å². The van der Waals surface area contributed by atoms with E-state index in [4.69, 9.17) is 14.2 Å². The summed E-state index contributed by atoms with van der Waals surface area (Å²) in [5.74, 6) is 0.814. The highest BCUT2D eigenvalue weighted by Gasteiger charge is 2.40. The van der Waals surface area contributed by atoms with Gasteiger partial charge < -0.3 is 29.5 Å². The number of unbranched alkanes of at least 4 members (excludes halogenated alkanes) is 4. The number of esters is 1. The van der Waals surface area contributed by atoms with Crippen molar-refractivity contribution in [2.75, 3.05) is 26.3 Å². The number of nitrogens with zero attached hydrogens (tertiary/aromatic N) is 1. The van der Waals surface area contributed by atoms with E-state index < -0.39 is 6.10 Å². The van der Waals surface area contributed by atoms with Crippen molar-refractivity contribution in [3.05, 3.63) is 0 Å². The fourth-order valence-corrected chi connectivity index (χ4v) is 5.22. The number of amides is 2. The topological polar surface area (TPSA) is 114 Å². The molecule has 9 nitrogen and oxygen atoms in total. The fraction of sp³-hybridized carbons (Fsp3) is 0.893. The minimum absolute atomic E-state index is 0.0669. The van der Waals surface area contributed by atoms with Gasteiger partial charge in [-0.3, -0.25) is 14.4 Å². The predicted molar refractivity (Wildman–Crippen MR) is 140 cm³/mol. The number of hydrogen-bond acceptors (Lipinski definition) is 7. The number of aliphatic hydroxyl groups excluding tert-OH is 1. The van der Waals surface area contributed by atoms with E-state index in [0.29, 0.717) is 44.9 Å². The molecular weight excluding hydrogens is 476 g/mol. The first-order valence-corrected chi connectivity index (χ1v) is 14.2. The number of β-amino-alcohol motifs (C(OH)–C–C–N with tert-alkyl or cyclic N) is 1. The number of rotatable bonds is 15. The molecule has 0 aromatic carbocycles. The molecule has 0 spiro atoms. The summed E-state index contributed by atoms with van der Waals surface area (Å²) in [6.07, 6.45) is 5.95. The molecular formula is C28H50N2O7. The van der Waals surface area contributed by atoms with Crippen molar-refractivity contribution in [3.63, 3.8) is 0 Å². The summed E-state index contributed by atoms with van der Waals surface area (Å²) in [4.78, 5) is 37.3. The highest BCUT2D eigenvalue weighted by molar-refractivity contribution is 5.77. The fourth-order valence-electron chi connectivity index (χ4n) is 5.22. The van der Waals surface area contributed by atoms with Crippen LogP contribution in [0.15, 0.2) is 0 Å². The molecule has 2 heterocycles. The van der Waals surface area contributed by atoms with Gasteiger partial charge in [-0.25, -0.2) is 0 Å². The summed E-state index contributed by atoms with van der Waals surface area (Å²) >= 11 is 0. The zero-order valence-electron chi connectivity index (χ0n) is 23.6. The molecule has 0 aromatic heterocycles. The van der Waals surface area contributed by atoms with Gasteiger partial charge in [-0.15, -0.1) is 0 Å². The van der Waals surface area contributed by atoms with Gasteiger partial charge in [0.25, 0.3) is 0 Å². The molecule has 214 valence electrons. The average molecular weight is 527 g/mol. The van der Waals surface area contributed by atoms with E-state index in [2.05, 4.69) is 26.1 Å². The zero-order chi connectivity index (χ0) is 27.4. The maximum atomic E-state index is 12.2. The summed E-state index contributed by atoms with van der Waals surface area (Å²) in [5, 5.41) is 12.6. The van der Waals surface area contributed by atoms with Crippen LogP contribution in [0.5, 0.6) is 0 Å². The van der Waals surface area contributed by atoms with Gasteiger partial charge >= 0.3 is 5.97 Å². The Hall–Kier alpha value is -1.71. The van der Waals surface area contributed by atoms with Crippen LogP contribution in [-0.2, 0) is 28.6 Å². The normalized spacial score (nSPS) is 29.8. The average Bonchev–Trinajstić information content (AvgIpc) is 3.19. The first kappa shape index (κ1) is 31.5. The molecule has 0 aliphatic carbocycles. The first-order chi connectivity index (χ1) is 17.6. The van der Waals surface area contributed by atoms with E-state index in [-0.39, 0.29) is 54.7 Å². The van der Waals surface area contributed by atoms with Crippen molar-refractivity contribution in [2.24, 2.45) is 17.8 Å². The Morgan fingerprint density at radius 2 is 1.65 bits per heavy atom. The summed E-state index contributed by atoms with van der Waals surface area (Å²) < 4.78 is 17.3. The summed E-state index contributed by atoms with van der Waals surface area (Å²) in [6, 6.07) is 0.121. The van der Waals surface area contributed by atoms with Gasteiger partial charge in [0.1, 0.15) is 6.61 Å². The number of carbonyl (C=O) groups excluding carboxylic acids is 3. The predicted octanol–water partition coefficient (Wildman–Crippen LogP) is 3.42. The third-order valence-electron chi connectivity index (χ3n) is 8.03. The Balaban J connectivity index is 1.48. The molecule has 7 atom stereocenters. The molecule has 2 N–H and O–H groups in total. The highest BCUT2D eigenvalue weighted by atomic mass is 16.7. The standard InChI is InChI=1S/C28H50N2O7/c1-19-16-24(32)17-30(19)27(34)13-9-6-10-14-29-26(33)12-8-7-11-15-35-28-22(4)20(2)21(3)25(37-28)18-36-23(5)31/h19-22,24-25,28,32H,6-18H2,1-5H3,(H,29,33)/t19-,20+,21-,22?,24-,25?,28-/m1/s1. The van der Waals surface area contributed by atoms with Gasteiger partial charge in [-0.1, -0.05) is 33.6 Å². The van der Waals surface area contributed by atoms with Crippen LogP contribution in [0.3, 0.4) is 0 Å². The van der Waals surface area contributed by atoms with Crippen molar-refractivity contribution in [3.8, 4) is 0 Å². The Kier molecular flexibility index (Phi) is 13.9. The molecule has 2 aliphatic heterocycles. The first-order valence-electron chi connectivity index (χ1n) is 14.2. The van der Waals surface area contributed by atoms with Crippen molar-refractivity contribution >= 4 is 17.8 Å². The molecule has 0 radical (unpaired) electrons. The largest absolute Gasteiger partial charge is 0.463 e. The number of aliphatic hydroxyl groups is 1. The molecule has 2 amide bonds. The molecule has 2 unspecified atom stereocenters. The number of likely N-dealkylation sites (tertiary alicyclic amines) is 1. The van der Waals surface area contributed by atoms with E-state index in [1.807, 2.05) is 6.92 Å². The van der Waals surface area contributed by atoms with Gasteiger partial charge in [0, 0.05) is 51.4 Å². The number of nitrogens with one attached hydrogen (secondary N) is 1. The molecule has 0 aromatic rings. The Bertz CT molecular complexity index is 719. The number of ether oxygens (including phenoxy) is 3. The highest BCUT2D eigenvalue weighted by Crippen LogP contribution is 2.35. The zero-order valence-corrected chi connectivity index (χ0v) is 23.6. The molecule has 0 saturated carbocycles. The van der Waals surface area contributed by atoms with E-state index in [0.717, 1.165) is 38.5 Å². The molecule has 2 saturated heterocycles. The van der Waals surface area contributed by atoms with Crippen LogP contribution in [0.25, 0.3) is 0 Å². The molecule has 2 aliphatic rings. The van der Waals surface area contributed by atoms with Crippen molar-refractivity contribution in [2.45, 2.75) is 117 Å². The van der Waals surface area contributed by atoms with Gasteiger partial charge in [0.15, 0.2) is 6.29 Å². The van der Waals surface area contributed by atoms with Gasteiger partial charge in [0.2, 0.25) is 11.8 Å². The summed E-state index contributed by atoms with van der Waals surface area (Å²) in [7, 11) is 0. The van der Waals surface area contributed by atoms with Crippen LogP contribution in [0.1, 0.15) is 92.4 Å². The second-order valence-corrected chi connectivity index (χ2v) is 11.0. The minimum Gasteiger partial charge on any atom is -0.463 e. The van der Waals surface area contributed by atoms with Gasteiger partial charge in [-0.05, 0) is 50.9 Å². The third kappa shape index (κ3) is 10.9. The van der Waals surface area contributed by atoms with Crippen LogP contribution in [-0.4, -0.2) is 78.6 Å². The quantitative estimate of drug-likeness (QED) is 0.248. The smallest absolute Gasteiger partial charge is 0.302 e. The van der Waals surface area contributed by atoms with Gasteiger partial charge in [-0.2, -0.15) is 0 Å². The molecule has 0 bridgehead atoms. The van der Waals surface area contributed by atoms with Crippen LogP contribution in [0.2, 0.25) is 0 Å². The van der Waals surface area contributed by atoms with Crippen molar-refractivity contribution < 1.29 is 33.7 Å².